The summed E-state index contributed by atoms with van der Waals surface area (Å²) in [5.41, 5.74) is 6.33. The van der Waals surface area contributed by atoms with Gasteiger partial charge in [-0.15, -0.1) is 0 Å². The Morgan fingerprint density at radius 2 is 1.87 bits per heavy atom. The number of aromatic nitrogens is 4. The topological polar surface area (TPSA) is 129 Å². The molecule has 0 radical (unpaired) electrons. The van der Waals surface area contributed by atoms with E-state index in [9.17, 15) is 14.0 Å². The minimum atomic E-state index is -1.09. The molecule has 30 heavy (non-hydrogen) atoms. The van der Waals surface area contributed by atoms with Crippen LogP contribution in [-0.4, -0.2) is 31.1 Å². The molecular weight excluding hydrogens is 391 g/mol. The molecule has 1 amide bonds. The third kappa shape index (κ3) is 5.07. The zero-order chi connectivity index (χ0) is 21.7. The molecule has 1 aromatic carbocycles. The maximum atomic E-state index is 12.6. The number of nitrogens with zero attached hydrogens (tertiary/aromatic N) is 4. The van der Waals surface area contributed by atoms with E-state index >= 15 is 0 Å². The van der Waals surface area contributed by atoms with Crippen molar-refractivity contribution in [3.63, 3.8) is 0 Å². The summed E-state index contributed by atoms with van der Waals surface area (Å²) in [5.74, 6) is 0.135. The van der Waals surface area contributed by atoms with Gasteiger partial charge in [0.15, 0.2) is 11.2 Å². The standard InChI is InChI=1S/C11H13F.C9H10N6O3/c12-11-7-5-10(6-8-11)9-3-1-2-4-9;1-14-3-12-7-6(14)8(16)15(4-13-7)2-5(10)18-9(11)17/h5-9H,1-4H2;3-4,10H,2H2,1H3,(H2,11,17). The number of carbonyl (C=O) groups is 1. The number of fused-ring (bicyclic) bond motifs is 1. The first kappa shape index (κ1) is 21.2. The monoisotopic (exact) mass is 414 g/mol. The van der Waals surface area contributed by atoms with Gasteiger partial charge in [0.1, 0.15) is 18.7 Å². The minimum absolute atomic E-state index is 0.128. The van der Waals surface area contributed by atoms with Crippen LogP contribution in [0, 0.1) is 11.2 Å². The molecule has 158 valence electrons. The first-order valence-corrected chi connectivity index (χ1v) is 9.51. The van der Waals surface area contributed by atoms with Gasteiger partial charge in [-0.1, -0.05) is 25.0 Å². The molecule has 3 aromatic rings. The Bertz CT molecular complexity index is 1100. The van der Waals surface area contributed by atoms with E-state index in [1.165, 1.54) is 48.5 Å². The third-order valence-electron chi connectivity index (χ3n) is 4.93. The summed E-state index contributed by atoms with van der Waals surface area (Å²) in [6, 6.07) is 6.97. The van der Waals surface area contributed by atoms with E-state index in [2.05, 4.69) is 14.7 Å². The van der Waals surface area contributed by atoms with Gasteiger partial charge in [0.05, 0.1) is 6.33 Å². The number of nitrogens with one attached hydrogen (secondary N) is 1. The molecule has 2 aromatic heterocycles. The molecule has 3 N–H and O–H groups in total. The van der Waals surface area contributed by atoms with Crippen LogP contribution in [0.3, 0.4) is 0 Å². The summed E-state index contributed by atoms with van der Waals surface area (Å²) >= 11 is 0. The van der Waals surface area contributed by atoms with Crippen molar-refractivity contribution in [1.29, 1.82) is 5.41 Å². The highest BCUT2D eigenvalue weighted by Gasteiger charge is 2.16. The summed E-state index contributed by atoms with van der Waals surface area (Å²) < 4.78 is 19.6. The fourth-order valence-electron chi connectivity index (χ4n) is 3.49. The lowest BCUT2D eigenvalue weighted by Crippen LogP contribution is -2.28. The Kier molecular flexibility index (Phi) is 6.55. The third-order valence-corrected chi connectivity index (χ3v) is 4.93. The van der Waals surface area contributed by atoms with Crippen LogP contribution in [0.4, 0.5) is 9.18 Å². The van der Waals surface area contributed by atoms with Crippen LogP contribution >= 0.6 is 0 Å². The number of carbonyl (C=O) groups excluding carboxylic acids is 1. The Labute approximate surface area is 171 Å². The minimum Gasteiger partial charge on any atom is -0.394 e. The Hall–Kier alpha value is -3.56. The van der Waals surface area contributed by atoms with Crippen LogP contribution in [0.5, 0.6) is 0 Å². The number of amides is 1. The van der Waals surface area contributed by atoms with Crippen molar-refractivity contribution in [2.24, 2.45) is 12.8 Å². The lowest BCUT2D eigenvalue weighted by Gasteiger charge is -2.07. The van der Waals surface area contributed by atoms with Gasteiger partial charge in [-0.25, -0.2) is 19.2 Å². The number of aryl methyl sites for hydroxylation is 1. The molecule has 0 aliphatic heterocycles. The Morgan fingerprint density at radius 1 is 1.23 bits per heavy atom. The molecule has 0 saturated heterocycles. The second-order valence-electron chi connectivity index (χ2n) is 7.08. The molecule has 0 bridgehead atoms. The van der Waals surface area contributed by atoms with Gasteiger partial charge in [0, 0.05) is 7.05 Å². The summed E-state index contributed by atoms with van der Waals surface area (Å²) in [5, 5.41) is 7.34. The number of imidazole rings is 1. The Morgan fingerprint density at radius 3 is 2.50 bits per heavy atom. The van der Waals surface area contributed by atoms with Gasteiger partial charge in [0.25, 0.3) is 5.56 Å². The zero-order valence-corrected chi connectivity index (χ0v) is 16.5. The first-order chi connectivity index (χ1) is 14.3. The van der Waals surface area contributed by atoms with Crippen molar-refractivity contribution < 1.29 is 13.9 Å². The van der Waals surface area contributed by atoms with Gasteiger partial charge in [-0.3, -0.25) is 14.8 Å². The lowest BCUT2D eigenvalue weighted by molar-refractivity contribution is 0.205. The number of hydrogen-bond acceptors (Lipinski definition) is 6. The fourth-order valence-corrected chi connectivity index (χ4v) is 3.49. The number of hydrogen-bond donors (Lipinski definition) is 2. The lowest BCUT2D eigenvalue weighted by atomic mass is 9.98. The number of rotatable bonds is 3. The second kappa shape index (κ2) is 9.29. The van der Waals surface area contributed by atoms with Crippen LogP contribution < -0.4 is 11.3 Å². The van der Waals surface area contributed by atoms with E-state index in [1.807, 2.05) is 12.1 Å². The van der Waals surface area contributed by atoms with Crippen LogP contribution in [0.2, 0.25) is 0 Å². The average molecular weight is 414 g/mol. The molecule has 1 aliphatic rings. The maximum absolute atomic E-state index is 12.6. The predicted molar refractivity (Wildman–Crippen MR) is 109 cm³/mol. The van der Waals surface area contributed by atoms with Crippen molar-refractivity contribution in [3.05, 3.63) is 58.7 Å². The van der Waals surface area contributed by atoms with E-state index in [0.717, 1.165) is 4.57 Å². The summed E-state index contributed by atoms with van der Waals surface area (Å²) in [6.45, 7) is -0.226. The molecule has 4 rings (SSSR count). The summed E-state index contributed by atoms with van der Waals surface area (Å²) in [4.78, 5) is 30.4. The number of halogens is 1. The normalized spacial score (nSPS) is 13.7. The van der Waals surface area contributed by atoms with Gasteiger partial charge in [0.2, 0.25) is 5.90 Å². The van der Waals surface area contributed by atoms with E-state index in [0.29, 0.717) is 17.1 Å². The van der Waals surface area contributed by atoms with Crippen molar-refractivity contribution in [2.45, 2.75) is 38.1 Å². The van der Waals surface area contributed by atoms with Gasteiger partial charge >= 0.3 is 6.09 Å². The van der Waals surface area contributed by atoms with Gasteiger partial charge in [-0.2, -0.15) is 0 Å². The molecule has 1 aliphatic carbocycles. The second-order valence-corrected chi connectivity index (χ2v) is 7.08. The van der Waals surface area contributed by atoms with Crippen LogP contribution in [-0.2, 0) is 18.3 Å². The van der Waals surface area contributed by atoms with Crippen molar-refractivity contribution >= 4 is 23.2 Å². The van der Waals surface area contributed by atoms with Crippen LogP contribution in [0.1, 0.15) is 37.2 Å². The smallest absolute Gasteiger partial charge is 0.394 e. The van der Waals surface area contributed by atoms with Crippen LogP contribution in [0.25, 0.3) is 11.2 Å². The van der Waals surface area contributed by atoms with E-state index in [-0.39, 0.29) is 17.9 Å². The predicted octanol–water partition coefficient (Wildman–Crippen LogP) is 2.69. The highest BCUT2D eigenvalue weighted by Crippen LogP contribution is 2.33. The fraction of sp³-hybridized carbons (Fsp3) is 0.350. The molecular formula is C20H23FN6O3. The maximum Gasteiger partial charge on any atom is 0.411 e. The highest BCUT2D eigenvalue weighted by molar-refractivity contribution is 5.85. The summed E-state index contributed by atoms with van der Waals surface area (Å²) in [7, 11) is 1.66. The molecule has 1 fully saturated rings. The Balaban J connectivity index is 0.000000184. The largest absolute Gasteiger partial charge is 0.411 e. The molecule has 0 atom stereocenters. The number of ether oxygens (including phenoxy) is 1. The summed E-state index contributed by atoms with van der Waals surface area (Å²) in [6.07, 6.45) is 6.84. The molecule has 2 heterocycles. The van der Waals surface area contributed by atoms with Gasteiger partial charge < -0.3 is 15.0 Å². The quantitative estimate of drug-likeness (QED) is 0.503. The molecule has 0 spiro atoms. The van der Waals surface area contributed by atoms with E-state index < -0.39 is 12.0 Å². The van der Waals surface area contributed by atoms with Gasteiger partial charge in [-0.05, 0) is 36.5 Å². The van der Waals surface area contributed by atoms with E-state index in [1.54, 1.807) is 19.2 Å². The van der Waals surface area contributed by atoms with E-state index in [4.69, 9.17) is 11.1 Å². The molecule has 1 saturated carbocycles. The highest BCUT2D eigenvalue weighted by atomic mass is 19.1. The zero-order valence-electron chi connectivity index (χ0n) is 16.5. The molecule has 0 unspecified atom stereocenters. The number of nitrogens with two attached hydrogens (primary N) is 1. The SMILES string of the molecule is Cn1cnc2ncn(CC(=N)OC(N)=O)c(=O)c21.Fc1ccc(C2CCCC2)cc1. The van der Waals surface area contributed by atoms with Crippen molar-refractivity contribution in [3.8, 4) is 0 Å². The molecule has 9 nitrogen and oxygen atoms in total. The average Bonchev–Trinajstić information content (AvgIpc) is 3.35. The number of primary amides is 1. The molecule has 10 heteroatoms. The number of benzene rings is 1. The van der Waals surface area contributed by atoms with Crippen molar-refractivity contribution in [1.82, 2.24) is 19.1 Å². The van der Waals surface area contributed by atoms with Crippen molar-refractivity contribution in [2.75, 3.05) is 0 Å². The first-order valence-electron chi connectivity index (χ1n) is 9.51. The van der Waals surface area contributed by atoms with Crippen LogP contribution in [0.15, 0.2) is 41.7 Å².